The second-order valence-electron chi connectivity index (χ2n) is 5.87. The van der Waals surface area contributed by atoms with E-state index >= 15 is 0 Å². The van der Waals surface area contributed by atoms with Crippen molar-refractivity contribution in [1.29, 1.82) is 0 Å². The Bertz CT molecular complexity index is 560. The molecule has 2 aromatic carbocycles. The van der Waals surface area contributed by atoms with Gasteiger partial charge in [0.2, 0.25) is 0 Å². The van der Waals surface area contributed by atoms with E-state index in [0.29, 0.717) is 11.8 Å². The first-order valence-corrected chi connectivity index (χ1v) is 8.12. The van der Waals surface area contributed by atoms with Gasteiger partial charge in [-0.3, -0.25) is 0 Å². The predicted octanol–water partition coefficient (Wildman–Crippen LogP) is 5.58. The highest BCUT2D eigenvalue weighted by Gasteiger charge is 2.24. The molecule has 1 aliphatic rings. The molecule has 1 nitrogen and oxygen atoms in total. The molecule has 0 radical (unpaired) electrons. The van der Waals surface area contributed by atoms with E-state index in [4.69, 9.17) is 0 Å². The molecule has 0 aromatic heterocycles. The van der Waals surface area contributed by atoms with Crippen LogP contribution in [-0.2, 0) is 0 Å². The Kier molecular flexibility index (Phi) is 3.75. The number of hydrogen-bond acceptors (Lipinski definition) is 2. The largest absolute Gasteiger partial charge is 0.339 e. The molecule has 104 valence electrons. The summed E-state index contributed by atoms with van der Waals surface area (Å²) in [6, 6.07) is 17.5. The molecule has 0 spiro atoms. The van der Waals surface area contributed by atoms with Crippen molar-refractivity contribution in [2.75, 3.05) is 11.4 Å². The number of fused-ring (bicyclic) bond motifs is 2. The van der Waals surface area contributed by atoms with Crippen molar-refractivity contribution in [2.24, 2.45) is 11.8 Å². The lowest BCUT2D eigenvalue weighted by Gasteiger charge is -2.35. The van der Waals surface area contributed by atoms with Crippen molar-refractivity contribution in [1.82, 2.24) is 0 Å². The van der Waals surface area contributed by atoms with Crippen molar-refractivity contribution in [3.8, 4) is 0 Å². The van der Waals surface area contributed by atoms with Gasteiger partial charge in [-0.25, -0.2) is 0 Å². The summed E-state index contributed by atoms with van der Waals surface area (Å²) in [6.45, 7) is 8.03. The number of nitrogens with zero attached hydrogens (tertiary/aromatic N) is 1. The topological polar surface area (TPSA) is 3.24 Å². The van der Waals surface area contributed by atoms with Crippen LogP contribution in [0.15, 0.2) is 58.3 Å². The van der Waals surface area contributed by atoms with Gasteiger partial charge in [0, 0.05) is 16.3 Å². The molecule has 20 heavy (non-hydrogen) atoms. The van der Waals surface area contributed by atoms with E-state index in [1.54, 1.807) is 0 Å². The molecule has 3 rings (SSSR count). The molecular formula is C18H21NS. The van der Waals surface area contributed by atoms with Crippen molar-refractivity contribution in [3.05, 3.63) is 48.5 Å². The molecule has 1 unspecified atom stereocenters. The third-order valence-corrected chi connectivity index (χ3v) is 5.27. The van der Waals surface area contributed by atoms with Gasteiger partial charge in [0.15, 0.2) is 0 Å². The molecule has 2 heteroatoms. The lowest BCUT2D eigenvalue weighted by atomic mass is 9.97. The lowest BCUT2D eigenvalue weighted by Crippen LogP contribution is -2.28. The number of para-hydroxylation sites is 2. The van der Waals surface area contributed by atoms with Gasteiger partial charge in [-0.1, -0.05) is 56.8 Å². The standard InChI is InChI=1S/C18H21NS/c1-13(2)14(3)12-19-15-8-4-6-10-17(15)20-18-11-7-5-9-16(18)19/h4-11,13-14H,12H2,1-3H3. The number of rotatable bonds is 3. The van der Waals surface area contributed by atoms with Crippen LogP contribution in [0.5, 0.6) is 0 Å². The maximum Gasteiger partial charge on any atom is 0.0552 e. The average molecular weight is 283 g/mol. The summed E-state index contributed by atoms with van der Waals surface area (Å²) in [7, 11) is 0. The number of anilines is 2. The van der Waals surface area contributed by atoms with Crippen LogP contribution in [0.4, 0.5) is 11.4 Å². The highest BCUT2D eigenvalue weighted by Crippen LogP contribution is 2.48. The number of benzene rings is 2. The summed E-state index contributed by atoms with van der Waals surface area (Å²) < 4.78 is 0. The molecule has 0 amide bonds. The Balaban J connectivity index is 2.03. The zero-order valence-corrected chi connectivity index (χ0v) is 13.2. The van der Waals surface area contributed by atoms with Crippen LogP contribution in [-0.4, -0.2) is 6.54 Å². The Labute approximate surface area is 126 Å². The molecule has 1 aliphatic heterocycles. The Morgan fingerprint density at radius 1 is 0.850 bits per heavy atom. The van der Waals surface area contributed by atoms with Gasteiger partial charge in [-0.05, 0) is 36.1 Å². The van der Waals surface area contributed by atoms with E-state index in [9.17, 15) is 0 Å². The fourth-order valence-electron chi connectivity index (χ4n) is 2.48. The van der Waals surface area contributed by atoms with Gasteiger partial charge < -0.3 is 4.90 Å². The molecule has 0 bridgehead atoms. The van der Waals surface area contributed by atoms with Crippen LogP contribution in [0.2, 0.25) is 0 Å². The zero-order valence-electron chi connectivity index (χ0n) is 12.3. The van der Waals surface area contributed by atoms with Crippen molar-refractivity contribution >= 4 is 23.1 Å². The average Bonchev–Trinajstić information content (AvgIpc) is 2.46. The fourth-order valence-corrected chi connectivity index (χ4v) is 3.57. The molecular weight excluding hydrogens is 262 g/mol. The van der Waals surface area contributed by atoms with Crippen LogP contribution < -0.4 is 4.90 Å². The van der Waals surface area contributed by atoms with E-state index in [2.05, 4.69) is 74.2 Å². The van der Waals surface area contributed by atoms with Gasteiger partial charge >= 0.3 is 0 Å². The van der Waals surface area contributed by atoms with Crippen LogP contribution in [0.3, 0.4) is 0 Å². The SMILES string of the molecule is CC(C)C(C)CN1c2ccccc2Sc2ccccc21. The lowest BCUT2D eigenvalue weighted by molar-refractivity contribution is 0.426. The van der Waals surface area contributed by atoms with E-state index in [1.165, 1.54) is 21.2 Å². The van der Waals surface area contributed by atoms with Gasteiger partial charge in [-0.15, -0.1) is 0 Å². The fraction of sp³-hybridized carbons (Fsp3) is 0.333. The van der Waals surface area contributed by atoms with Crippen LogP contribution in [0.1, 0.15) is 20.8 Å². The summed E-state index contributed by atoms with van der Waals surface area (Å²) in [6.07, 6.45) is 0. The monoisotopic (exact) mass is 283 g/mol. The van der Waals surface area contributed by atoms with Crippen molar-refractivity contribution in [3.63, 3.8) is 0 Å². The van der Waals surface area contributed by atoms with Crippen molar-refractivity contribution in [2.45, 2.75) is 30.6 Å². The molecule has 0 aliphatic carbocycles. The second kappa shape index (κ2) is 5.53. The zero-order chi connectivity index (χ0) is 14.1. The van der Waals surface area contributed by atoms with E-state index < -0.39 is 0 Å². The van der Waals surface area contributed by atoms with Crippen LogP contribution in [0, 0.1) is 11.8 Å². The first-order chi connectivity index (χ1) is 9.66. The predicted molar refractivity (Wildman–Crippen MR) is 88.0 cm³/mol. The van der Waals surface area contributed by atoms with Crippen LogP contribution >= 0.6 is 11.8 Å². The molecule has 2 aromatic rings. The van der Waals surface area contributed by atoms with Gasteiger partial charge in [-0.2, -0.15) is 0 Å². The molecule has 0 saturated heterocycles. The van der Waals surface area contributed by atoms with Crippen LogP contribution in [0.25, 0.3) is 0 Å². The first kappa shape index (κ1) is 13.6. The van der Waals surface area contributed by atoms with Crippen molar-refractivity contribution < 1.29 is 0 Å². The van der Waals surface area contributed by atoms with Gasteiger partial charge in [0.1, 0.15) is 0 Å². The number of hydrogen-bond donors (Lipinski definition) is 0. The second-order valence-corrected chi connectivity index (χ2v) is 6.95. The highest BCUT2D eigenvalue weighted by molar-refractivity contribution is 7.99. The molecule has 0 saturated carbocycles. The third kappa shape index (κ3) is 2.45. The van der Waals surface area contributed by atoms with E-state index in [1.807, 2.05) is 11.8 Å². The maximum atomic E-state index is 2.49. The minimum absolute atomic E-state index is 0.666. The van der Waals surface area contributed by atoms with E-state index in [0.717, 1.165) is 6.54 Å². The normalized spacial score (nSPS) is 14.9. The quantitative estimate of drug-likeness (QED) is 0.723. The van der Waals surface area contributed by atoms with Gasteiger partial charge in [0.05, 0.1) is 11.4 Å². The minimum Gasteiger partial charge on any atom is -0.339 e. The maximum absolute atomic E-state index is 2.49. The molecule has 1 heterocycles. The minimum atomic E-state index is 0.666. The summed E-state index contributed by atoms with van der Waals surface area (Å²) in [5, 5.41) is 0. The Hall–Kier alpha value is -1.41. The summed E-state index contributed by atoms with van der Waals surface area (Å²) in [5.41, 5.74) is 2.70. The Morgan fingerprint density at radius 3 is 1.85 bits per heavy atom. The summed E-state index contributed by atoms with van der Waals surface area (Å²) in [5.74, 6) is 1.36. The third-order valence-electron chi connectivity index (χ3n) is 4.14. The molecule has 0 fully saturated rings. The molecule has 1 atom stereocenters. The Morgan fingerprint density at radius 2 is 1.35 bits per heavy atom. The highest BCUT2D eigenvalue weighted by atomic mass is 32.2. The summed E-state index contributed by atoms with van der Waals surface area (Å²) >= 11 is 1.88. The summed E-state index contributed by atoms with van der Waals surface area (Å²) in [4.78, 5) is 5.22. The smallest absolute Gasteiger partial charge is 0.0552 e. The first-order valence-electron chi connectivity index (χ1n) is 7.30. The van der Waals surface area contributed by atoms with Gasteiger partial charge in [0.25, 0.3) is 0 Å². The van der Waals surface area contributed by atoms with E-state index in [-0.39, 0.29) is 0 Å². The molecule has 0 N–H and O–H groups in total.